The summed E-state index contributed by atoms with van der Waals surface area (Å²) in [6.45, 7) is 4.67. The Balaban J connectivity index is 1.18. The first-order chi connectivity index (χ1) is 23.0. The molecule has 0 radical (unpaired) electrons. The van der Waals surface area contributed by atoms with E-state index in [1.807, 2.05) is 42.3 Å². The third-order valence-electron chi connectivity index (χ3n) is 8.38. The second-order valence-electron chi connectivity index (χ2n) is 12.6. The summed E-state index contributed by atoms with van der Waals surface area (Å²) < 4.78 is 49.1. The number of hydrogen-bond acceptors (Lipinski definition) is 10. The molecule has 48 heavy (non-hydrogen) atoms. The van der Waals surface area contributed by atoms with Crippen LogP contribution in [0.3, 0.4) is 0 Å². The number of benzene rings is 1. The zero-order valence-corrected chi connectivity index (χ0v) is 29.2. The van der Waals surface area contributed by atoms with Gasteiger partial charge in [-0.25, -0.2) is 14.6 Å². The van der Waals surface area contributed by atoms with Crippen LogP contribution in [0.2, 0.25) is 0 Å². The van der Waals surface area contributed by atoms with Crippen molar-refractivity contribution in [2.24, 2.45) is 10.6 Å². The van der Waals surface area contributed by atoms with Gasteiger partial charge in [-0.3, -0.25) is 14.4 Å². The SMILES string of the molecule is CN1CCC(CN(CCCCCCc2ccccc2-c2nccnc2-n2ccc(OCC(C)(C)C(F)(F)F)n2)c2cccc(SN)n2)S1. The first-order valence-electron chi connectivity index (χ1n) is 16.2. The van der Waals surface area contributed by atoms with E-state index >= 15 is 0 Å². The summed E-state index contributed by atoms with van der Waals surface area (Å²) in [4.78, 5) is 16.3. The van der Waals surface area contributed by atoms with Crippen LogP contribution in [-0.4, -0.2) is 73.8 Å². The van der Waals surface area contributed by atoms with Gasteiger partial charge in [-0.2, -0.15) is 13.2 Å². The van der Waals surface area contributed by atoms with Crippen molar-refractivity contribution in [1.82, 2.24) is 29.0 Å². The number of aromatic nitrogens is 5. The van der Waals surface area contributed by atoms with Gasteiger partial charge in [0.25, 0.3) is 0 Å². The number of alkyl halides is 3. The predicted molar refractivity (Wildman–Crippen MR) is 187 cm³/mol. The molecule has 0 aliphatic carbocycles. The number of aryl methyl sites for hydroxylation is 1. The molecule has 1 aromatic carbocycles. The van der Waals surface area contributed by atoms with E-state index in [9.17, 15) is 13.2 Å². The van der Waals surface area contributed by atoms with E-state index in [2.05, 4.69) is 43.5 Å². The standard InChI is InChI=1S/C34H43F3N8OS2/c1-33(2,34(35,36)37)24-46-29-17-22-45(42-29)32-31(39-18-19-40-32)27-13-8-7-12-25(27)11-6-4-5-9-20-44(23-26-16-21-43(3)48-26)28-14-10-15-30(41-28)47-38/h7-8,10,12-15,17-19,22,26H,4-6,9,11,16,20-21,23-24,38H2,1-3H3. The molecule has 2 N–H and O–H groups in total. The minimum absolute atomic E-state index is 0.0897. The number of rotatable bonds is 16. The normalized spacial score (nSPS) is 15.6. The van der Waals surface area contributed by atoms with Crippen LogP contribution in [-0.2, 0) is 6.42 Å². The van der Waals surface area contributed by atoms with Crippen molar-refractivity contribution in [2.75, 3.05) is 38.2 Å². The van der Waals surface area contributed by atoms with E-state index in [0.29, 0.717) is 16.8 Å². The monoisotopic (exact) mass is 700 g/mol. The van der Waals surface area contributed by atoms with Gasteiger partial charge in [0.2, 0.25) is 5.88 Å². The second-order valence-corrected chi connectivity index (χ2v) is 14.7. The summed E-state index contributed by atoms with van der Waals surface area (Å²) in [6.07, 6.45) is 6.74. The number of pyridine rings is 1. The lowest BCUT2D eigenvalue weighted by molar-refractivity contribution is -0.219. The fraction of sp³-hybridized carbons (Fsp3) is 0.471. The molecule has 0 spiro atoms. The van der Waals surface area contributed by atoms with Gasteiger partial charge in [0.15, 0.2) is 5.82 Å². The van der Waals surface area contributed by atoms with Gasteiger partial charge < -0.3 is 9.64 Å². The molecule has 4 aromatic rings. The van der Waals surface area contributed by atoms with Crippen molar-refractivity contribution in [3.05, 3.63) is 72.7 Å². The molecule has 1 atom stereocenters. The maximum Gasteiger partial charge on any atom is 0.397 e. The zero-order chi connectivity index (χ0) is 34.1. The zero-order valence-electron chi connectivity index (χ0n) is 27.6. The van der Waals surface area contributed by atoms with Gasteiger partial charge in [0, 0.05) is 55.1 Å². The van der Waals surface area contributed by atoms with Crippen LogP contribution in [0.5, 0.6) is 5.88 Å². The molecule has 0 saturated carbocycles. The van der Waals surface area contributed by atoms with Crippen molar-refractivity contribution in [3.8, 4) is 23.0 Å². The highest BCUT2D eigenvalue weighted by Gasteiger charge is 2.48. The van der Waals surface area contributed by atoms with Crippen molar-refractivity contribution >= 4 is 29.7 Å². The Bertz CT molecular complexity index is 1620. The lowest BCUT2D eigenvalue weighted by Crippen LogP contribution is -2.37. The van der Waals surface area contributed by atoms with Crippen LogP contribution in [0.25, 0.3) is 17.1 Å². The number of ether oxygens (including phenoxy) is 1. The molecule has 5 rings (SSSR count). The summed E-state index contributed by atoms with van der Waals surface area (Å²) >= 11 is 3.10. The average Bonchev–Trinajstić information content (AvgIpc) is 3.73. The van der Waals surface area contributed by atoms with E-state index in [4.69, 9.17) is 14.9 Å². The Hall–Kier alpha value is -3.33. The molecule has 9 nitrogen and oxygen atoms in total. The van der Waals surface area contributed by atoms with Crippen LogP contribution in [0, 0.1) is 5.41 Å². The molecule has 258 valence electrons. The Morgan fingerprint density at radius 1 is 1.02 bits per heavy atom. The fourth-order valence-electron chi connectivity index (χ4n) is 5.47. The number of unbranched alkanes of at least 4 members (excludes halogenated alkanes) is 3. The molecule has 1 aliphatic heterocycles. The molecule has 14 heteroatoms. The van der Waals surface area contributed by atoms with Gasteiger partial charge in [-0.05, 0) is 76.2 Å². The van der Waals surface area contributed by atoms with Crippen LogP contribution < -0.4 is 14.8 Å². The van der Waals surface area contributed by atoms with E-state index in [0.717, 1.165) is 87.6 Å². The van der Waals surface area contributed by atoms with Crippen molar-refractivity contribution < 1.29 is 17.9 Å². The number of halogens is 3. The number of nitrogens with zero attached hydrogens (tertiary/aromatic N) is 7. The van der Waals surface area contributed by atoms with E-state index in [-0.39, 0.29) is 5.88 Å². The summed E-state index contributed by atoms with van der Waals surface area (Å²) in [5, 5.41) is 11.5. The van der Waals surface area contributed by atoms with Crippen molar-refractivity contribution in [3.63, 3.8) is 0 Å². The fourth-order valence-corrected chi connectivity index (χ4v) is 6.95. The Morgan fingerprint density at radius 2 is 1.81 bits per heavy atom. The maximum atomic E-state index is 13.3. The molecule has 3 aromatic heterocycles. The van der Waals surface area contributed by atoms with Gasteiger partial charge >= 0.3 is 6.18 Å². The summed E-state index contributed by atoms with van der Waals surface area (Å²) in [7, 11) is 2.15. The Labute approximate surface area is 289 Å². The van der Waals surface area contributed by atoms with Crippen LogP contribution in [0.4, 0.5) is 19.0 Å². The highest BCUT2D eigenvalue weighted by molar-refractivity contribution is 7.97. The molecule has 0 bridgehead atoms. The smallest absolute Gasteiger partial charge is 0.397 e. The van der Waals surface area contributed by atoms with Gasteiger partial charge in [0.05, 0.1) is 5.41 Å². The quantitative estimate of drug-likeness (QED) is 0.0929. The second kappa shape index (κ2) is 16.4. The van der Waals surface area contributed by atoms with Crippen LogP contribution >= 0.6 is 23.9 Å². The average molecular weight is 701 g/mol. The third-order valence-corrected chi connectivity index (χ3v) is 10.1. The molecule has 1 aliphatic rings. The molecule has 1 unspecified atom stereocenters. The van der Waals surface area contributed by atoms with Crippen molar-refractivity contribution in [2.45, 2.75) is 68.8 Å². The maximum absolute atomic E-state index is 13.3. The lowest BCUT2D eigenvalue weighted by Gasteiger charge is -2.26. The summed E-state index contributed by atoms with van der Waals surface area (Å²) in [6, 6.07) is 15.7. The van der Waals surface area contributed by atoms with Crippen LogP contribution in [0.15, 0.2) is 72.1 Å². The van der Waals surface area contributed by atoms with Gasteiger partial charge in [0.1, 0.15) is 23.1 Å². The number of anilines is 1. The predicted octanol–water partition coefficient (Wildman–Crippen LogP) is 7.62. The summed E-state index contributed by atoms with van der Waals surface area (Å²) in [5.74, 6) is 1.55. The van der Waals surface area contributed by atoms with E-state index < -0.39 is 18.2 Å². The molecule has 0 amide bonds. The molecular weight excluding hydrogens is 658 g/mol. The highest BCUT2D eigenvalue weighted by Crippen LogP contribution is 2.38. The summed E-state index contributed by atoms with van der Waals surface area (Å²) in [5.41, 5.74) is 0.741. The van der Waals surface area contributed by atoms with Gasteiger partial charge in [-0.15, -0.1) is 5.10 Å². The molecule has 4 heterocycles. The number of hydrogen-bond donors (Lipinski definition) is 1. The topological polar surface area (TPSA) is 98.2 Å². The Morgan fingerprint density at radius 3 is 2.58 bits per heavy atom. The largest absolute Gasteiger partial charge is 0.476 e. The molecule has 1 saturated heterocycles. The molecular formula is C34H43F3N8OS2. The van der Waals surface area contributed by atoms with Gasteiger partial charge in [-0.1, -0.05) is 55.1 Å². The first kappa shape index (κ1) is 36.0. The highest BCUT2D eigenvalue weighted by atomic mass is 32.2. The lowest BCUT2D eigenvalue weighted by atomic mass is 9.94. The number of nitrogens with two attached hydrogens (primary N) is 1. The Kier molecular flexibility index (Phi) is 12.3. The third kappa shape index (κ3) is 9.42. The minimum atomic E-state index is -4.39. The first-order valence-corrected chi connectivity index (χ1v) is 17.9. The van der Waals surface area contributed by atoms with E-state index in [1.54, 1.807) is 18.6 Å². The molecule has 1 fully saturated rings. The van der Waals surface area contributed by atoms with Crippen LogP contribution in [0.1, 0.15) is 51.5 Å². The van der Waals surface area contributed by atoms with E-state index in [1.165, 1.54) is 29.1 Å². The van der Waals surface area contributed by atoms with Crippen molar-refractivity contribution in [1.29, 1.82) is 0 Å². The minimum Gasteiger partial charge on any atom is -0.476 e.